The van der Waals surface area contributed by atoms with Gasteiger partial charge in [0.2, 0.25) is 0 Å². The zero-order valence-corrected chi connectivity index (χ0v) is 17.8. The van der Waals surface area contributed by atoms with E-state index in [0.717, 1.165) is 45.0 Å². The minimum atomic E-state index is 0.371. The average Bonchev–Trinajstić information content (AvgIpc) is 3.30. The van der Waals surface area contributed by atoms with Crippen LogP contribution in [-0.4, -0.2) is 24.9 Å². The summed E-state index contributed by atoms with van der Waals surface area (Å²) in [5.74, 6) is 2.72. The maximum absolute atomic E-state index is 5.31. The molecule has 0 saturated heterocycles. The van der Waals surface area contributed by atoms with E-state index in [4.69, 9.17) is 4.52 Å². The minimum absolute atomic E-state index is 0.371. The van der Waals surface area contributed by atoms with Gasteiger partial charge in [-0.3, -0.25) is 9.55 Å². The molecular weight excluding hydrogens is 382 g/mol. The van der Waals surface area contributed by atoms with Crippen LogP contribution in [0.5, 0.6) is 0 Å². The molecule has 0 fully saturated rings. The van der Waals surface area contributed by atoms with Crippen molar-refractivity contribution in [3.63, 3.8) is 0 Å². The molecule has 0 amide bonds. The molecule has 148 valence electrons. The lowest BCUT2D eigenvalue weighted by Gasteiger charge is -2.16. The van der Waals surface area contributed by atoms with Gasteiger partial charge >= 0.3 is 0 Å². The third-order valence-electron chi connectivity index (χ3n) is 4.88. The van der Waals surface area contributed by atoms with Crippen molar-refractivity contribution >= 4 is 11.8 Å². The summed E-state index contributed by atoms with van der Waals surface area (Å²) >= 11 is 1.63. The number of aromatic nitrogens is 5. The number of aryl methyl sites for hydroxylation is 2. The molecule has 0 bridgehead atoms. The van der Waals surface area contributed by atoms with Gasteiger partial charge in [-0.1, -0.05) is 49.0 Å². The fourth-order valence-corrected chi connectivity index (χ4v) is 4.38. The Morgan fingerprint density at radius 2 is 1.90 bits per heavy atom. The largest absolute Gasteiger partial charge is 0.361 e. The number of nitrogens with zero attached hydrogens (tertiary/aromatic N) is 5. The van der Waals surface area contributed by atoms with Crippen molar-refractivity contribution < 1.29 is 4.52 Å². The molecule has 0 spiro atoms. The van der Waals surface area contributed by atoms with Crippen molar-refractivity contribution in [2.24, 2.45) is 0 Å². The smallest absolute Gasteiger partial charge is 0.196 e. The minimum Gasteiger partial charge on any atom is -0.361 e. The summed E-state index contributed by atoms with van der Waals surface area (Å²) in [5, 5.41) is 13.9. The molecule has 7 heteroatoms. The van der Waals surface area contributed by atoms with E-state index in [1.807, 2.05) is 32.2 Å². The molecule has 1 aromatic carbocycles. The molecule has 3 aromatic heterocycles. The molecule has 4 rings (SSSR count). The second-order valence-corrected chi connectivity index (χ2v) is 8.13. The van der Waals surface area contributed by atoms with Crippen LogP contribution in [-0.2, 0) is 5.75 Å². The highest BCUT2D eigenvalue weighted by Crippen LogP contribution is 2.33. The molecule has 0 aliphatic heterocycles. The van der Waals surface area contributed by atoms with E-state index in [9.17, 15) is 0 Å². The third-order valence-corrected chi connectivity index (χ3v) is 5.84. The molecule has 0 atom stereocenters. The van der Waals surface area contributed by atoms with Crippen LogP contribution in [0.25, 0.3) is 17.1 Å². The van der Waals surface area contributed by atoms with Crippen molar-refractivity contribution in [3.05, 3.63) is 71.4 Å². The summed E-state index contributed by atoms with van der Waals surface area (Å²) in [5.41, 5.74) is 5.28. The van der Waals surface area contributed by atoms with E-state index in [1.165, 1.54) is 5.56 Å². The zero-order valence-electron chi connectivity index (χ0n) is 17.0. The van der Waals surface area contributed by atoms with Crippen molar-refractivity contribution in [3.8, 4) is 17.1 Å². The van der Waals surface area contributed by atoms with Crippen LogP contribution in [0.2, 0.25) is 0 Å². The van der Waals surface area contributed by atoms with E-state index in [0.29, 0.717) is 5.92 Å². The Labute approximate surface area is 174 Å². The third kappa shape index (κ3) is 3.82. The summed E-state index contributed by atoms with van der Waals surface area (Å²) in [6.07, 6.45) is 3.58. The first-order valence-electron chi connectivity index (χ1n) is 9.56. The van der Waals surface area contributed by atoms with E-state index >= 15 is 0 Å². The quantitative estimate of drug-likeness (QED) is 0.403. The Morgan fingerprint density at radius 1 is 1.07 bits per heavy atom. The van der Waals surface area contributed by atoms with E-state index < -0.39 is 0 Å². The van der Waals surface area contributed by atoms with Crippen LogP contribution in [0.15, 0.2) is 58.5 Å². The highest BCUT2D eigenvalue weighted by molar-refractivity contribution is 7.98. The Balaban J connectivity index is 1.82. The van der Waals surface area contributed by atoms with Crippen molar-refractivity contribution in [2.75, 3.05) is 0 Å². The van der Waals surface area contributed by atoms with Gasteiger partial charge in [0.1, 0.15) is 5.76 Å². The standard InChI is InChI=1S/C22H23N5OS/c1-14(2)18-9-5-6-10-20(18)27-21(17-8-7-11-23-12-17)24-25-22(27)29-13-19-15(3)26-28-16(19)4/h5-12,14H,13H2,1-4H3. The van der Waals surface area contributed by atoms with Gasteiger partial charge in [-0.25, -0.2) is 0 Å². The van der Waals surface area contributed by atoms with Gasteiger partial charge in [0.15, 0.2) is 11.0 Å². The second kappa shape index (κ2) is 8.21. The first-order chi connectivity index (χ1) is 14.1. The summed E-state index contributed by atoms with van der Waals surface area (Å²) in [7, 11) is 0. The Bertz CT molecular complexity index is 1100. The lowest BCUT2D eigenvalue weighted by Crippen LogP contribution is -2.05. The monoisotopic (exact) mass is 405 g/mol. The number of rotatable bonds is 6. The van der Waals surface area contributed by atoms with Crippen LogP contribution in [0.3, 0.4) is 0 Å². The number of hydrogen-bond acceptors (Lipinski definition) is 6. The molecule has 0 aliphatic carbocycles. The molecule has 6 nitrogen and oxygen atoms in total. The highest BCUT2D eigenvalue weighted by Gasteiger charge is 2.20. The van der Waals surface area contributed by atoms with Crippen LogP contribution >= 0.6 is 11.8 Å². The molecule has 0 unspecified atom stereocenters. The molecule has 3 heterocycles. The van der Waals surface area contributed by atoms with Gasteiger partial charge in [-0.2, -0.15) is 0 Å². The van der Waals surface area contributed by atoms with Crippen molar-refractivity contribution in [1.82, 2.24) is 24.9 Å². The molecule has 29 heavy (non-hydrogen) atoms. The molecule has 4 aromatic rings. The first-order valence-corrected chi connectivity index (χ1v) is 10.5. The van der Waals surface area contributed by atoms with Crippen LogP contribution < -0.4 is 0 Å². The van der Waals surface area contributed by atoms with Crippen LogP contribution in [0.1, 0.15) is 42.3 Å². The highest BCUT2D eigenvalue weighted by atomic mass is 32.2. The van der Waals surface area contributed by atoms with E-state index in [-0.39, 0.29) is 0 Å². The zero-order chi connectivity index (χ0) is 20.4. The van der Waals surface area contributed by atoms with Gasteiger partial charge in [-0.05, 0) is 43.5 Å². The van der Waals surface area contributed by atoms with E-state index in [1.54, 1.807) is 18.0 Å². The topological polar surface area (TPSA) is 69.6 Å². The number of para-hydroxylation sites is 1. The summed E-state index contributed by atoms with van der Waals surface area (Å²) in [4.78, 5) is 4.26. The normalized spacial score (nSPS) is 11.3. The lowest BCUT2D eigenvalue weighted by molar-refractivity contribution is 0.392. The van der Waals surface area contributed by atoms with Gasteiger partial charge < -0.3 is 4.52 Å². The predicted molar refractivity (Wildman–Crippen MR) is 114 cm³/mol. The Kier molecular flexibility index (Phi) is 5.49. The number of pyridine rings is 1. The van der Waals surface area contributed by atoms with Crippen molar-refractivity contribution in [1.29, 1.82) is 0 Å². The molecule has 0 aliphatic rings. The van der Waals surface area contributed by atoms with Crippen LogP contribution in [0.4, 0.5) is 0 Å². The maximum Gasteiger partial charge on any atom is 0.196 e. The predicted octanol–water partition coefficient (Wildman–Crippen LogP) is 5.35. The SMILES string of the molecule is Cc1noc(C)c1CSc1nnc(-c2cccnc2)n1-c1ccccc1C(C)C. The average molecular weight is 406 g/mol. The van der Waals surface area contributed by atoms with Gasteiger partial charge in [0, 0.05) is 29.3 Å². The summed E-state index contributed by atoms with van der Waals surface area (Å²) in [6, 6.07) is 12.3. The summed E-state index contributed by atoms with van der Waals surface area (Å²) in [6.45, 7) is 8.30. The molecule has 0 radical (unpaired) electrons. The van der Waals surface area contributed by atoms with Gasteiger partial charge in [-0.15, -0.1) is 10.2 Å². The Hall–Kier alpha value is -2.93. The molecular formula is C22H23N5OS. The summed E-state index contributed by atoms with van der Waals surface area (Å²) < 4.78 is 7.44. The fourth-order valence-electron chi connectivity index (χ4n) is 3.29. The second-order valence-electron chi connectivity index (χ2n) is 7.19. The first kappa shape index (κ1) is 19.4. The maximum atomic E-state index is 5.31. The fraction of sp³-hybridized carbons (Fsp3) is 0.273. The Morgan fingerprint density at radius 3 is 2.59 bits per heavy atom. The number of thioether (sulfide) groups is 1. The van der Waals surface area contributed by atoms with Crippen molar-refractivity contribution in [2.45, 2.75) is 44.5 Å². The van der Waals surface area contributed by atoms with Gasteiger partial charge in [0.05, 0.1) is 11.4 Å². The van der Waals surface area contributed by atoms with Crippen LogP contribution in [0, 0.1) is 13.8 Å². The number of benzene rings is 1. The number of hydrogen-bond donors (Lipinski definition) is 0. The van der Waals surface area contributed by atoms with E-state index in [2.05, 4.69) is 63.0 Å². The molecule has 0 saturated carbocycles. The lowest BCUT2D eigenvalue weighted by atomic mass is 10.0. The van der Waals surface area contributed by atoms with Gasteiger partial charge in [0.25, 0.3) is 0 Å². The molecule has 0 N–H and O–H groups in total.